The van der Waals surface area contributed by atoms with Gasteiger partial charge < -0.3 is 9.84 Å². The highest BCUT2D eigenvalue weighted by Crippen LogP contribution is 2.31. The van der Waals surface area contributed by atoms with Crippen LogP contribution in [-0.4, -0.2) is 41.9 Å². The van der Waals surface area contributed by atoms with E-state index in [-0.39, 0.29) is 16.0 Å². The third kappa shape index (κ3) is 4.62. The van der Waals surface area contributed by atoms with Crippen molar-refractivity contribution in [2.45, 2.75) is 44.2 Å². The number of hydrogen-bond acceptors (Lipinski definition) is 7. The van der Waals surface area contributed by atoms with Crippen LogP contribution < -0.4 is 5.32 Å². The van der Waals surface area contributed by atoms with Gasteiger partial charge in [-0.05, 0) is 56.0 Å². The van der Waals surface area contributed by atoms with Gasteiger partial charge in [0.25, 0.3) is 10.0 Å². The van der Waals surface area contributed by atoms with E-state index in [4.69, 9.17) is 4.52 Å². The molecule has 0 unspecified atom stereocenters. The van der Waals surface area contributed by atoms with Crippen LogP contribution in [0.25, 0.3) is 11.4 Å². The molecule has 0 spiro atoms. The van der Waals surface area contributed by atoms with E-state index in [9.17, 15) is 13.2 Å². The van der Waals surface area contributed by atoms with Crippen molar-refractivity contribution >= 4 is 33.0 Å². The summed E-state index contributed by atoms with van der Waals surface area (Å²) in [5.74, 6) is 0.624. The Balaban J connectivity index is 1.39. The zero-order chi connectivity index (χ0) is 22.9. The molecule has 0 radical (unpaired) electrons. The summed E-state index contributed by atoms with van der Waals surface area (Å²) in [5.41, 5.74) is 3.68. The Morgan fingerprint density at radius 3 is 2.62 bits per heavy atom. The number of hydrogen-bond donors (Lipinski definition) is 1. The van der Waals surface area contributed by atoms with Crippen LogP contribution in [-0.2, 0) is 21.2 Å². The summed E-state index contributed by atoms with van der Waals surface area (Å²) in [6.07, 6.45) is 1.59. The molecule has 3 aromatic rings. The highest BCUT2D eigenvalue weighted by atomic mass is 32.2. The van der Waals surface area contributed by atoms with E-state index < -0.39 is 10.0 Å². The van der Waals surface area contributed by atoms with Gasteiger partial charge in [-0.2, -0.15) is 9.29 Å². The van der Waals surface area contributed by atoms with Crippen molar-refractivity contribution in [3.05, 3.63) is 46.7 Å². The number of nitrogens with zero attached hydrogens (tertiary/aromatic N) is 3. The van der Waals surface area contributed by atoms with Crippen molar-refractivity contribution in [3.8, 4) is 11.4 Å². The van der Waals surface area contributed by atoms with Gasteiger partial charge in [-0.3, -0.25) is 4.79 Å². The van der Waals surface area contributed by atoms with Crippen LogP contribution in [0.5, 0.6) is 0 Å². The molecule has 0 saturated carbocycles. The Kier molecular flexibility index (Phi) is 6.45. The lowest BCUT2D eigenvalue weighted by Crippen LogP contribution is -2.41. The lowest BCUT2D eigenvalue weighted by molar-refractivity contribution is -0.120. The number of aromatic nitrogens is 2. The van der Waals surface area contributed by atoms with E-state index in [1.807, 2.05) is 39.0 Å². The van der Waals surface area contributed by atoms with Gasteiger partial charge in [0, 0.05) is 42.1 Å². The summed E-state index contributed by atoms with van der Waals surface area (Å²) in [6, 6.07) is 7.41. The molecule has 1 aliphatic heterocycles. The molecule has 2 aromatic heterocycles. The molecule has 32 heavy (non-hydrogen) atoms. The number of rotatable bonds is 6. The highest BCUT2D eigenvalue weighted by Gasteiger charge is 2.33. The summed E-state index contributed by atoms with van der Waals surface area (Å²) in [6.45, 7) is 6.56. The molecule has 0 aliphatic carbocycles. The first-order chi connectivity index (χ1) is 15.3. The zero-order valence-electron chi connectivity index (χ0n) is 18.3. The van der Waals surface area contributed by atoms with E-state index >= 15 is 0 Å². The second-order valence-electron chi connectivity index (χ2n) is 7.99. The van der Waals surface area contributed by atoms with E-state index in [0.29, 0.717) is 49.6 Å². The quantitative estimate of drug-likeness (QED) is 0.579. The van der Waals surface area contributed by atoms with E-state index in [1.54, 1.807) is 11.4 Å². The van der Waals surface area contributed by atoms with Gasteiger partial charge in [0.1, 0.15) is 4.21 Å². The largest absolute Gasteiger partial charge is 0.339 e. The van der Waals surface area contributed by atoms with Crippen molar-refractivity contribution < 1.29 is 17.7 Å². The molecule has 170 valence electrons. The third-order valence-corrected chi connectivity index (χ3v) is 9.11. The van der Waals surface area contributed by atoms with Crippen molar-refractivity contribution in [2.75, 3.05) is 18.4 Å². The summed E-state index contributed by atoms with van der Waals surface area (Å²) in [4.78, 5) is 16.9. The molecule has 3 heterocycles. The number of benzene rings is 1. The van der Waals surface area contributed by atoms with Gasteiger partial charge in [-0.25, -0.2) is 8.42 Å². The first kappa shape index (κ1) is 22.6. The maximum absolute atomic E-state index is 13.1. The molecule has 0 bridgehead atoms. The predicted octanol–water partition coefficient (Wildman–Crippen LogP) is 4.02. The molecule has 4 rings (SSSR count). The topological polar surface area (TPSA) is 105 Å². The molecular weight excluding hydrogens is 448 g/mol. The Morgan fingerprint density at radius 1 is 1.22 bits per heavy atom. The Morgan fingerprint density at radius 2 is 1.97 bits per heavy atom. The fraction of sp³-hybridized carbons (Fsp3) is 0.409. The number of sulfonamides is 1. The third-order valence-electron chi connectivity index (χ3n) is 5.80. The lowest BCUT2D eigenvalue weighted by Gasteiger charge is -2.30. The fourth-order valence-electron chi connectivity index (χ4n) is 3.63. The standard InChI is InChI=1S/C22H26N4O4S2/c1-4-19-24-21(25-30-19)17-12-20(31-13-17)32(28,29)26-9-7-16(8-10-26)22(27)23-18-6-5-14(2)15(3)11-18/h5-6,11-13,16H,4,7-10H2,1-3H3,(H,23,27). The Bertz CT molecular complexity index is 1220. The first-order valence-electron chi connectivity index (χ1n) is 10.6. The summed E-state index contributed by atoms with van der Waals surface area (Å²) in [7, 11) is -3.63. The summed E-state index contributed by atoms with van der Waals surface area (Å²) < 4.78 is 33.0. The zero-order valence-corrected chi connectivity index (χ0v) is 19.9. The summed E-state index contributed by atoms with van der Waals surface area (Å²) in [5, 5.41) is 8.60. The fourth-order valence-corrected chi connectivity index (χ4v) is 6.41. The number of nitrogens with one attached hydrogen (secondary N) is 1. The van der Waals surface area contributed by atoms with Gasteiger partial charge in [0.15, 0.2) is 0 Å². The number of amides is 1. The van der Waals surface area contributed by atoms with E-state index in [0.717, 1.165) is 22.6 Å². The van der Waals surface area contributed by atoms with Crippen LogP contribution in [0.1, 0.15) is 36.8 Å². The van der Waals surface area contributed by atoms with Crippen LogP contribution in [0.15, 0.2) is 38.4 Å². The molecule has 1 fully saturated rings. The van der Waals surface area contributed by atoms with Crippen LogP contribution in [0, 0.1) is 19.8 Å². The smallest absolute Gasteiger partial charge is 0.252 e. The minimum absolute atomic E-state index is 0.0625. The Hall–Kier alpha value is -2.56. The van der Waals surface area contributed by atoms with Crippen LogP contribution in [0.4, 0.5) is 5.69 Å². The number of aryl methyl sites for hydroxylation is 3. The van der Waals surface area contributed by atoms with Gasteiger partial charge in [-0.1, -0.05) is 18.1 Å². The van der Waals surface area contributed by atoms with Gasteiger partial charge in [-0.15, -0.1) is 11.3 Å². The van der Waals surface area contributed by atoms with E-state index in [1.165, 1.54) is 9.87 Å². The van der Waals surface area contributed by atoms with Crippen molar-refractivity contribution in [3.63, 3.8) is 0 Å². The first-order valence-corrected chi connectivity index (χ1v) is 12.9. The monoisotopic (exact) mass is 474 g/mol. The predicted molar refractivity (Wildman–Crippen MR) is 123 cm³/mol. The molecule has 10 heteroatoms. The number of carbonyl (C=O) groups excluding carboxylic acids is 1. The normalized spacial score (nSPS) is 15.7. The second kappa shape index (κ2) is 9.13. The number of thiophene rings is 1. The van der Waals surface area contributed by atoms with Gasteiger partial charge in [0.2, 0.25) is 17.6 Å². The molecule has 8 nitrogen and oxygen atoms in total. The molecule has 0 atom stereocenters. The number of anilines is 1. The lowest BCUT2D eigenvalue weighted by atomic mass is 9.97. The summed E-state index contributed by atoms with van der Waals surface area (Å²) >= 11 is 1.14. The second-order valence-corrected chi connectivity index (χ2v) is 11.1. The van der Waals surface area contributed by atoms with Crippen molar-refractivity contribution in [1.29, 1.82) is 0 Å². The maximum atomic E-state index is 13.1. The molecule has 1 aromatic carbocycles. The minimum atomic E-state index is -3.63. The van der Waals surface area contributed by atoms with Gasteiger partial charge >= 0.3 is 0 Å². The van der Waals surface area contributed by atoms with Crippen LogP contribution >= 0.6 is 11.3 Å². The van der Waals surface area contributed by atoms with Crippen molar-refractivity contribution in [2.24, 2.45) is 5.92 Å². The van der Waals surface area contributed by atoms with Gasteiger partial charge in [0.05, 0.1) is 0 Å². The highest BCUT2D eigenvalue weighted by molar-refractivity contribution is 7.91. The average Bonchev–Trinajstić information content (AvgIpc) is 3.46. The molecule has 1 amide bonds. The maximum Gasteiger partial charge on any atom is 0.252 e. The SMILES string of the molecule is CCc1nc(-c2csc(S(=O)(=O)N3CCC(C(=O)Nc4ccc(C)c(C)c4)CC3)c2)no1. The molecular formula is C22H26N4O4S2. The van der Waals surface area contributed by atoms with Crippen molar-refractivity contribution in [1.82, 2.24) is 14.4 Å². The number of piperidine rings is 1. The van der Waals surface area contributed by atoms with Crippen LogP contribution in [0.2, 0.25) is 0 Å². The minimum Gasteiger partial charge on any atom is -0.339 e. The average molecular weight is 475 g/mol. The molecule has 1 saturated heterocycles. The Labute approximate surface area is 191 Å². The molecule has 1 N–H and O–H groups in total. The van der Waals surface area contributed by atoms with E-state index in [2.05, 4.69) is 15.5 Å². The van der Waals surface area contributed by atoms with Crippen LogP contribution in [0.3, 0.4) is 0 Å². The molecule has 1 aliphatic rings. The number of carbonyl (C=O) groups is 1.